The molecule has 1 aliphatic heterocycles. The second kappa shape index (κ2) is 9.61. The lowest BCUT2D eigenvalue weighted by Crippen LogP contribution is -2.40. The Balaban J connectivity index is 1.68. The maximum atomic E-state index is 12.9. The molecule has 0 saturated carbocycles. The highest BCUT2D eigenvalue weighted by Crippen LogP contribution is 2.28. The molecule has 1 atom stereocenters. The van der Waals surface area contributed by atoms with Crippen LogP contribution >= 0.6 is 23.2 Å². The maximum absolute atomic E-state index is 12.9. The number of benzene rings is 2. The maximum Gasteiger partial charge on any atom is 0.338 e. The second-order valence-electron chi connectivity index (χ2n) is 7.23. The molecule has 154 valence electrons. The summed E-state index contributed by atoms with van der Waals surface area (Å²) >= 11 is 12.6. The SMILES string of the molecule is COC(=O)c1cccc(NC(=O)C2CCCN(Cc3c(Cl)cccc3Cl)C2)c1C. The van der Waals surface area contributed by atoms with Crippen molar-refractivity contribution >= 4 is 40.8 Å². The number of ether oxygens (including phenoxy) is 1. The van der Waals surface area contributed by atoms with Crippen molar-refractivity contribution in [3.8, 4) is 0 Å². The molecule has 3 rings (SSSR count). The van der Waals surface area contributed by atoms with Crippen LogP contribution in [0, 0.1) is 12.8 Å². The number of amides is 1. The van der Waals surface area contributed by atoms with E-state index in [9.17, 15) is 9.59 Å². The highest BCUT2D eigenvalue weighted by Gasteiger charge is 2.27. The van der Waals surface area contributed by atoms with Crippen LogP contribution in [-0.2, 0) is 16.1 Å². The molecule has 0 bridgehead atoms. The average Bonchev–Trinajstić information content (AvgIpc) is 2.72. The highest BCUT2D eigenvalue weighted by atomic mass is 35.5. The van der Waals surface area contributed by atoms with Crippen LogP contribution in [0.25, 0.3) is 0 Å². The van der Waals surface area contributed by atoms with Crippen LogP contribution in [0.1, 0.15) is 34.3 Å². The van der Waals surface area contributed by atoms with E-state index in [1.807, 2.05) is 18.2 Å². The largest absolute Gasteiger partial charge is 0.465 e. The molecular weight excluding hydrogens is 411 g/mol. The van der Waals surface area contributed by atoms with Crippen molar-refractivity contribution < 1.29 is 14.3 Å². The van der Waals surface area contributed by atoms with Gasteiger partial charge >= 0.3 is 5.97 Å². The van der Waals surface area contributed by atoms with Crippen molar-refractivity contribution in [3.63, 3.8) is 0 Å². The van der Waals surface area contributed by atoms with Gasteiger partial charge in [-0.1, -0.05) is 35.3 Å². The van der Waals surface area contributed by atoms with E-state index in [-0.39, 0.29) is 11.8 Å². The van der Waals surface area contributed by atoms with E-state index in [2.05, 4.69) is 10.2 Å². The Morgan fingerprint density at radius 3 is 2.55 bits per heavy atom. The van der Waals surface area contributed by atoms with Gasteiger partial charge in [0.25, 0.3) is 0 Å². The van der Waals surface area contributed by atoms with Crippen LogP contribution < -0.4 is 5.32 Å². The number of esters is 1. The Labute approximate surface area is 180 Å². The zero-order chi connectivity index (χ0) is 21.0. The fraction of sp³-hybridized carbons (Fsp3) is 0.364. The van der Waals surface area contributed by atoms with Crippen molar-refractivity contribution in [3.05, 3.63) is 63.1 Å². The minimum atomic E-state index is -0.418. The van der Waals surface area contributed by atoms with E-state index >= 15 is 0 Å². The molecule has 2 aromatic rings. The Kier molecular flexibility index (Phi) is 7.17. The van der Waals surface area contributed by atoms with Gasteiger partial charge in [0.1, 0.15) is 0 Å². The molecule has 1 heterocycles. The van der Waals surface area contributed by atoms with Crippen LogP contribution in [0.3, 0.4) is 0 Å². The number of hydrogen-bond donors (Lipinski definition) is 1. The first kappa shape index (κ1) is 21.6. The minimum Gasteiger partial charge on any atom is -0.465 e. The first-order chi connectivity index (χ1) is 13.9. The quantitative estimate of drug-likeness (QED) is 0.676. The fourth-order valence-electron chi connectivity index (χ4n) is 3.66. The number of hydrogen-bond acceptors (Lipinski definition) is 4. The summed E-state index contributed by atoms with van der Waals surface area (Å²) in [6.07, 6.45) is 1.73. The van der Waals surface area contributed by atoms with Crippen LogP contribution in [0.5, 0.6) is 0 Å². The lowest BCUT2D eigenvalue weighted by molar-refractivity contribution is -0.121. The van der Waals surface area contributed by atoms with Crippen molar-refractivity contribution in [2.45, 2.75) is 26.3 Å². The van der Waals surface area contributed by atoms with Gasteiger partial charge in [-0.2, -0.15) is 0 Å². The zero-order valence-electron chi connectivity index (χ0n) is 16.5. The Morgan fingerprint density at radius 2 is 1.86 bits per heavy atom. The van der Waals surface area contributed by atoms with E-state index in [1.165, 1.54) is 7.11 Å². The van der Waals surface area contributed by atoms with Gasteiger partial charge in [-0.15, -0.1) is 0 Å². The number of anilines is 1. The summed E-state index contributed by atoms with van der Waals surface area (Å²) in [4.78, 5) is 27.0. The molecule has 1 unspecified atom stereocenters. The number of carbonyl (C=O) groups is 2. The molecule has 0 spiro atoms. The lowest BCUT2D eigenvalue weighted by atomic mass is 9.96. The van der Waals surface area contributed by atoms with Gasteiger partial charge in [0.15, 0.2) is 0 Å². The number of methoxy groups -OCH3 is 1. The Morgan fingerprint density at radius 1 is 1.17 bits per heavy atom. The molecule has 1 amide bonds. The molecule has 5 nitrogen and oxygen atoms in total. The van der Waals surface area contributed by atoms with Crippen molar-refractivity contribution in [2.24, 2.45) is 5.92 Å². The molecule has 1 aliphatic rings. The summed E-state index contributed by atoms with van der Waals surface area (Å²) in [6.45, 7) is 3.93. The third-order valence-corrected chi connectivity index (χ3v) is 6.02. The van der Waals surface area contributed by atoms with Crippen molar-refractivity contribution in [1.82, 2.24) is 4.90 Å². The van der Waals surface area contributed by atoms with Crippen LogP contribution in [-0.4, -0.2) is 37.0 Å². The minimum absolute atomic E-state index is 0.0509. The summed E-state index contributed by atoms with van der Waals surface area (Å²) in [7, 11) is 1.34. The standard InChI is InChI=1S/C22H24Cl2N2O3/c1-14-16(22(28)29-2)7-3-10-20(14)25-21(27)15-6-5-11-26(12-15)13-17-18(23)8-4-9-19(17)24/h3-4,7-10,15H,5-6,11-13H2,1-2H3,(H,25,27). The van der Waals surface area contributed by atoms with Gasteiger partial charge in [-0.3, -0.25) is 9.69 Å². The molecule has 0 aliphatic carbocycles. The monoisotopic (exact) mass is 434 g/mol. The molecule has 1 saturated heterocycles. The summed E-state index contributed by atoms with van der Waals surface area (Å²) in [5.41, 5.74) is 2.66. The Hall–Kier alpha value is -2.08. The number of nitrogens with one attached hydrogen (secondary N) is 1. The van der Waals surface area contributed by atoms with Gasteiger partial charge in [0, 0.05) is 34.4 Å². The van der Waals surface area contributed by atoms with E-state index < -0.39 is 5.97 Å². The third kappa shape index (κ3) is 5.10. The third-order valence-electron chi connectivity index (χ3n) is 5.32. The van der Waals surface area contributed by atoms with Gasteiger partial charge in [0.05, 0.1) is 18.6 Å². The number of carbonyl (C=O) groups excluding carboxylic acids is 2. The summed E-state index contributed by atoms with van der Waals surface area (Å²) in [6, 6.07) is 10.7. The highest BCUT2D eigenvalue weighted by molar-refractivity contribution is 6.35. The van der Waals surface area contributed by atoms with E-state index in [0.29, 0.717) is 39.9 Å². The number of nitrogens with zero attached hydrogens (tertiary/aromatic N) is 1. The first-order valence-corrected chi connectivity index (χ1v) is 10.3. The van der Waals surface area contributed by atoms with Gasteiger partial charge in [0.2, 0.25) is 5.91 Å². The number of rotatable bonds is 5. The fourth-order valence-corrected chi connectivity index (χ4v) is 4.17. The Bertz CT molecular complexity index is 897. The zero-order valence-corrected chi connectivity index (χ0v) is 18.0. The van der Waals surface area contributed by atoms with Crippen LogP contribution in [0.4, 0.5) is 5.69 Å². The van der Waals surface area contributed by atoms with Crippen molar-refractivity contribution in [1.29, 1.82) is 0 Å². The number of likely N-dealkylation sites (tertiary alicyclic amines) is 1. The molecule has 1 N–H and O–H groups in total. The van der Waals surface area contributed by atoms with E-state index in [0.717, 1.165) is 24.9 Å². The molecule has 0 aromatic heterocycles. The predicted octanol–water partition coefficient (Wildman–Crippen LogP) is 4.94. The molecule has 2 aromatic carbocycles. The second-order valence-corrected chi connectivity index (χ2v) is 8.05. The van der Waals surface area contributed by atoms with E-state index in [4.69, 9.17) is 27.9 Å². The first-order valence-electron chi connectivity index (χ1n) is 9.54. The average molecular weight is 435 g/mol. The van der Waals surface area contributed by atoms with Gasteiger partial charge in [-0.25, -0.2) is 4.79 Å². The summed E-state index contributed by atoms with van der Waals surface area (Å²) in [5, 5.41) is 4.26. The smallest absolute Gasteiger partial charge is 0.338 e. The van der Waals surface area contributed by atoms with Crippen molar-refractivity contribution in [2.75, 3.05) is 25.5 Å². The predicted molar refractivity (Wildman–Crippen MR) is 116 cm³/mol. The number of halogens is 2. The molecule has 1 fully saturated rings. The molecule has 7 heteroatoms. The van der Waals surface area contributed by atoms with Crippen LogP contribution in [0.15, 0.2) is 36.4 Å². The topological polar surface area (TPSA) is 58.6 Å². The normalized spacial score (nSPS) is 17.0. The lowest BCUT2D eigenvalue weighted by Gasteiger charge is -2.32. The van der Waals surface area contributed by atoms with E-state index in [1.54, 1.807) is 25.1 Å². The summed E-state index contributed by atoms with van der Waals surface area (Å²) in [5.74, 6) is -0.615. The molecular formula is C22H24Cl2N2O3. The summed E-state index contributed by atoms with van der Waals surface area (Å²) < 4.78 is 4.80. The van der Waals surface area contributed by atoms with Crippen LogP contribution in [0.2, 0.25) is 10.0 Å². The molecule has 29 heavy (non-hydrogen) atoms. The molecule has 0 radical (unpaired) electrons. The number of piperidine rings is 1. The van der Waals surface area contributed by atoms with Gasteiger partial charge in [-0.05, 0) is 56.1 Å². The van der Waals surface area contributed by atoms with Gasteiger partial charge < -0.3 is 10.1 Å².